The van der Waals surface area contributed by atoms with E-state index in [0.717, 1.165) is 24.9 Å². The Labute approximate surface area is 101 Å². The van der Waals surface area contributed by atoms with Crippen LogP contribution in [0.4, 0.5) is 0 Å². The van der Waals surface area contributed by atoms with Crippen LogP contribution >= 0.6 is 0 Å². The molecule has 2 atom stereocenters. The summed E-state index contributed by atoms with van der Waals surface area (Å²) in [5.41, 5.74) is 0. The Morgan fingerprint density at radius 1 is 0.938 bits per heavy atom. The van der Waals surface area contributed by atoms with E-state index in [-0.39, 0.29) is 6.10 Å². The Kier molecular flexibility index (Phi) is 14.8. The number of hydrogen-bond donors (Lipinski definition) is 1. The van der Waals surface area contributed by atoms with Crippen molar-refractivity contribution >= 4 is 0 Å². The highest BCUT2D eigenvalue weighted by molar-refractivity contribution is 4.58. The SMILES string of the molecule is CCC(O)COC.CC[C@@H](COC)C(C)C. The molecule has 0 aromatic heterocycles. The molecule has 1 N–H and O–H groups in total. The first-order valence-corrected chi connectivity index (χ1v) is 6.19. The molecule has 0 bridgehead atoms. The number of rotatable bonds is 7. The van der Waals surface area contributed by atoms with E-state index in [0.29, 0.717) is 6.61 Å². The lowest BCUT2D eigenvalue weighted by Gasteiger charge is -2.16. The summed E-state index contributed by atoms with van der Waals surface area (Å²) in [4.78, 5) is 0. The first-order chi connectivity index (χ1) is 7.53. The van der Waals surface area contributed by atoms with Crippen LogP contribution in [0.3, 0.4) is 0 Å². The van der Waals surface area contributed by atoms with Crippen molar-refractivity contribution in [2.75, 3.05) is 27.4 Å². The van der Waals surface area contributed by atoms with Crippen LogP contribution in [-0.4, -0.2) is 38.6 Å². The molecule has 16 heavy (non-hydrogen) atoms. The van der Waals surface area contributed by atoms with E-state index in [2.05, 4.69) is 25.5 Å². The fraction of sp³-hybridized carbons (Fsp3) is 1.00. The maximum atomic E-state index is 8.73. The standard InChI is InChI=1S/C8H18O.C5H12O2/c1-5-8(6-9-4)7(2)3;1-3-5(6)4-7-2/h7-8H,5-6H2,1-4H3;5-6H,3-4H2,1-2H3/t8-;/m0./s1. The van der Waals surface area contributed by atoms with E-state index < -0.39 is 0 Å². The van der Waals surface area contributed by atoms with Gasteiger partial charge < -0.3 is 14.6 Å². The topological polar surface area (TPSA) is 38.7 Å². The van der Waals surface area contributed by atoms with Gasteiger partial charge in [-0.2, -0.15) is 0 Å². The van der Waals surface area contributed by atoms with Gasteiger partial charge in [-0.3, -0.25) is 0 Å². The Balaban J connectivity index is 0. The van der Waals surface area contributed by atoms with Crippen molar-refractivity contribution in [2.24, 2.45) is 11.8 Å². The quantitative estimate of drug-likeness (QED) is 0.736. The molecule has 100 valence electrons. The van der Waals surface area contributed by atoms with Crippen molar-refractivity contribution in [3.8, 4) is 0 Å². The molecule has 3 nitrogen and oxygen atoms in total. The predicted octanol–water partition coefficient (Wildman–Crippen LogP) is 2.72. The van der Waals surface area contributed by atoms with Crippen LogP contribution < -0.4 is 0 Å². The Morgan fingerprint density at radius 2 is 1.44 bits per heavy atom. The van der Waals surface area contributed by atoms with E-state index >= 15 is 0 Å². The maximum absolute atomic E-state index is 8.73. The Hall–Kier alpha value is -0.120. The minimum Gasteiger partial charge on any atom is -0.391 e. The third-order valence-electron chi connectivity index (χ3n) is 2.68. The van der Waals surface area contributed by atoms with Crippen LogP contribution in [0.15, 0.2) is 0 Å². The number of aliphatic hydroxyl groups excluding tert-OH is 1. The van der Waals surface area contributed by atoms with Gasteiger partial charge in [0, 0.05) is 20.8 Å². The molecule has 0 radical (unpaired) electrons. The van der Waals surface area contributed by atoms with Crippen molar-refractivity contribution < 1.29 is 14.6 Å². The zero-order chi connectivity index (χ0) is 13.0. The van der Waals surface area contributed by atoms with E-state index in [1.54, 1.807) is 14.2 Å². The fourth-order valence-corrected chi connectivity index (χ4v) is 1.31. The summed E-state index contributed by atoms with van der Waals surface area (Å²) in [6.45, 7) is 9.98. The second kappa shape index (κ2) is 12.9. The van der Waals surface area contributed by atoms with Crippen molar-refractivity contribution in [2.45, 2.75) is 46.6 Å². The molecule has 1 unspecified atom stereocenters. The molecule has 3 heteroatoms. The summed E-state index contributed by atoms with van der Waals surface area (Å²) in [7, 11) is 3.35. The third kappa shape index (κ3) is 12.0. The molecule has 0 aliphatic rings. The molecule has 0 saturated carbocycles. The number of aliphatic hydroxyl groups is 1. The molecule has 0 saturated heterocycles. The molecular weight excluding hydrogens is 204 g/mol. The van der Waals surface area contributed by atoms with Crippen molar-refractivity contribution in [1.29, 1.82) is 0 Å². The van der Waals surface area contributed by atoms with Gasteiger partial charge in [0.2, 0.25) is 0 Å². The smallest absolute Gasteiger partial charge is 0.0770 e. The first-order valence-electron chi connectivity index (χ1n) is 6.19. The highest BCUT2D eigenvalue weighted by Crippen LogP contribution is 2.13. The second-order valence-corrected chi connectivity index (χ2v) is 4.39. The van der Waals surface area contributed by atoms with Gasteiger partial charge in [-0.25, -0.2) is 0 Å². The predicted molar refractivity (Wildman–Crippen MR) is 68.7 cm³/mol. The van der Waals surface area contributed by atoms with E-state index in [9.17, 15) is 0 Å². The zero-order valence-corrected chi connectivity index (χ0v) is 11.8. The minimum atomic E-state index is -0.273. The van der Waals surface area contributed by atoms with E-state index in [1.807, 2.05) is 6.92 Å². The monoisotopic (exact) mass is 234 g/mol. The largest absolute Gasteiger partial charge is 0.391 e. The Bertz CT molecular complexity index is 126. The molecule has 0 aromatic rings. The maximum Gasteiger partial charge on any atom is 0.0770 e. The summed E-state index contributed by atoms with van der Waals surface area (Å²) < 4.78 is 9.70. The van der Waals surface area contributed by atoms with Gasteiger partial charge in [-0.05, 0) is 18.3 Å². The van der Waals surface area contributed by atoms with E-state index in [1.165, 1.54) is 6.42 Å². The van der Waals surface area contributed by atoms with Crippen LogP contribution in [0, 0.1) is 11.8 Å². The molecule has 0 amide bonds. The lowest BCUT2D eigenvalue weighted by molar-refractivity contribution is 0.0625. The van der Waals surface area contributed by atoms with Crippen LogP contribution in [0.25, 0.3) is 0 Å². The van der Waals surface area contributed by atoms with Gasteiger partial charge in [-0.1, -0.05) is 34.1 Å². The average Bonchev–Trinajstić information content (AvgIpc) is 2.26. The Morgan fingerprint density at radius 3 is 1.56 bits per heavy atom. The number of methoxy groups -OCH3 is 2. The highest BCUT2D eigenvalue weighted by Gasteiger charge is 2.09. The lowest BCUT2D eigenvalue weighted by atomic mass is 9.94. The van der Waals surface area contributed by atoms with Crippen LogP contribution in [0.2, 0.25) is 0 Å². The fourth-order valence-electron chi connectivity index (χ4n) is 1.31. The molecule has 0 heterocycles. The van der Waals surface area contributed by atoms with Crippen LogP contribution in [-0.2, 0) is 9.47 Å². The van der Waals surface area contributed by atoms with Crippen molar-refractivity contribution in [1.82, 2.24) is 0 Å². The van der Waals surface area contributed by atoms with Crippen molar-refractivity contribution in [3.05, 3.63) is 0 Å². The van der Waals surface area contributed by atoms with Gasteiger partial charge in [0.15, 0.2) is 0 Å². The molecule has 0 aromatic carbocycles. The summed E-state index contributed by atoms with van der Waals surface area (Å²) >= 11 is 0. The lowest BCUT2D eigenvalue weighted by Crippen LogP contribution is -2.13. The molecule has 0 spiro atoms. The highest BCUT2D eigenvalue weighted by atomic mass is 16.5. The van der Waals surface area contributed by atoms with Crippen LogP contribution in [0.1, 0.15) is 40.5 Å². The third-order valence-corrected chi connectivity index (χ3v) is 2.68. The van der Waals surface area contributed by atoms with Gasteiger partial charge in [-0.15, -0.1) is 0 Å². The normalized spacial score (nSPS) is 14.2. The van der Waals surface area contributed by atoms with Crippen molar-refractivity contribution in [3.63, 3.8) is 0 Å². The van der Waals surface area contributed by atoms with Gasteiger partial charge in [0.1, 0.15) is 0 Å². The number of hydrogen-bond acceptors (Lipinski definition) is 3. The van der Waals surface area contributed by atoms with Gasteiger partial charge in [0.05, 0.1) is 12.7 Å². The first kappa shape index (κ1) is 18.3. The minimum absolute atomic E-state index is 0.273. The number of ether oxygens (including phenoxy) is 2. The van der Waals surface area contributed by atoms with Gasteiger partial charge >= 0.3 is 0 Å². The van der Waals surface area contributed by atoms with Gasteiger partial charge in [0.25, 0.3) is 0 Å². The summed E-state index contributed by atoms with van der Waals surface area (Å²) in [5.74, 6) is 1.50. The second-order valence-electron chi connectivity index (χ2n) is 4.39. The summed E-state index contributed by atoms with van der Waals surface area (Å²) in [6.07, 6.45) is 1.73. The van der Waals surface area contributed by atoms with E-state index in [4.69, 9.17) is 9.84 Å². The summed E-state index contributed by atoms with van der Waals surface area (Å²) in [6, 6.07) is 0. The average molecular weight is 234 g/mol. The van der Waals surface area contributed by atoms with Crippen LogP contribution in [0.5, 0.6) is 0 Å². The summed E-state index contributed by atoms with van der Waals surface area (Å²) in [5, 5.41) is 8.73. The molecule has 0 rings (SSSR count). The molecule has 0 aliphatic carbocycles. The molecule has 0 fully saturated rings. The molecular formula is C13H30O3. The zero-order valence-electron chi connectivity index (χ0n) is 11.8. The molecule has 0 aliphatic heterocycles.